The zero-order valence-corrected chi connectivity index (χ0v) is 9.82. The van der Waals surface area contributed by atoms with Crippen LogP contribution in [0.5, 0.6) is 0 Å². The van der Waals surface area contributed by atoms with Crippen molar-refractivity contribution in [2.24, 2.45) is 0 Å². The Morgan fingerprint density at radius 2 is 2.18 bits per heavy atom. The fourth-order valence-corrected chi connectivity index (χ4v) is 2.43. The Bertz CT molecular complexity index is 493. The standard InChI is InChI=1S/C12H16N2O3/c1-2-7(11(15)16)10-8-5-3-4-6-9(8)13-12(17)14-10/h7H,2-6H2,1H3,(H,15,16)(H,13,14,17). The Balaban J connectivity index is 2.55. The number of hydrogen-bond acceptors (Lipinski definition) is 3. The normalized spacial score (nSPS) is 16.3. The first-order chi connectivity index (χ1) is 8.13. The Labute approximate surface area is 98.9 Å². The molecule has 1 aliphatic carbocycles. The van der Waals surface area contributed by atoms with Crippen LogP contribution in [0.2, 0.25) is 0 Å². The molecular weight excluding hydrogens is 220 g/mol. The van der Waals surface area contributed by atoms with Gasteiger partial charge in [-0.05, 0) is 37.7 Å². The third kappa shape index (κ3) is 2.23. The van der Waals surface area contributed by atoms with Crippen LogP contribution in [0.3, 0.4) is 0 Å². The van der Waals surface area contributed by atoms with Crippen LogP contribution in [0.15, 0.2) is 4.79 Å². The average Bonchev–Trinajstić information content (AvgIpc) is 2.29. The molecule has 1 heterocycles. The lowest BCUT2D eigenvalue weighted by atomic mass is 9.89. The van der Waals surface area contributed by atoms with E-state index < -0.39 is 17.6 Å². The number of carboxylic acid groups (broad SMARTS) is 1. The predicted octanol–water partition coefficient (Wildman–Crippen LogP) is 1.23. The van der Waals surface area contributed by atoms with Crippen molar-refractivity contribution < 1.29 is 9.90 Å². The molecule has 0 aromatic carbocycles. The van der Waals surface area contributed by atoms with Crippen LogP contribution in [-0.4, -0.2) is 21.0 Å². The SMILES string of the molecule is CCC(C(=O)O)c1nc(=O)[nH]c2c1CCCC2. The monoisotopic (exact) mass is 236 g/mol. The highest BCUT2D eigenvalue weighted by Crippen LogP contribution is 2.27. The third-order valence-corrected chi connectivity index (χ3v) is 3.29. The molecule has 0 amide bonds. The number of nitrogens with one attached hydrogen (secondary N) is 1. The van der Waals surface area contributed by atoms with Gasteiger partial charge in [-0.1, -0.05) is 6.92 Å². The Hall–Kier alpha value is -1.65. The number of aromatic amines is 1. The van der Waals surface area contributed by atoms with Gasteiger partial charge in [-0.2, -0.15) is 4.98 Å². The Kier molecular flexibility index (Phi) is 3.26. The molecule has 1 atom stereocenters. The molecule has 0 saturated heterocycles. The first-order valence-corrected chi connectivity index (χ1v) is 5.98. The fraction of sp³-hybridized carbons (Fsp3) is 0.583. The number of aromatic nitrogens is 2. The molecule has 1 aliphatic rings. The smallest absolute Gasteiger partial charge is 0.345 e. The summed E-state index contributed by atoms with van der Waals surface area (Å²) in [5, 5.41) is 9.17. The van der Waals surface area contributed by atoms with E-state index in [1.54, 1.807) is 6.92 Å². The summed E-state index contributed by atoms with van der Waals surface area (Å²) in [4.78, 5) is 29.2. The summed E-state index contributed by atoms with van der Waals surface area (Å²) >= 11 is 0. The molecule has 2 N–H and O–H groups in total. The van der Waals surface area contributed by atoms with E-state index in [1.165, 1.54) is 0 Å². The first kappa shape index (κ1) is 11.8. The molecule has 0 aliphatic heterocycles. The highest BCUT2D eigenvalue weighted by atomic mass is 16.4. The van der Waals surface area contributed by atoms with Crippen molar-refractivity contribution in [3.05, 3.63) is 27.4 Å². The number of carboxylic acids is 1. The number of hydrogen-bond donors (Lipinski definition) is 2. The summed E-state index contributed by atoms with van der Waals surface area (Å²) in [5.41, 5.74) is 1.87. The van der Waals surface area contributed by atoms with Crippen LogP contribution in [-0.2, 0) is 17.6 Å². The maximum absolute atomic E-state index is 11.4. The number of H-pyrrole nitrogens is 1. The van der Waals surface area contributed by atoms with Gasteiger partial charge in [0, 0.05) is 5.69 Å². The van der Waals surface area contributed by atoms with Crippen molar-refractivity contribution >= 4 is 5.97 Å². The number of carbonyl (C=O) groups is 1. The molecule has 1 aromatic rings. The van der Waals surface area contributed by atoms with Gasteiger partial charge in [0.1, 0.15) is 0 Å². The van der Waals surface area contributed by atoms with Gasteiger partial charge in [-0.15, -0.1) is 0 Å². The van der Waals surface area contributed by atoms with E-state index in [2.05, 4.69) is 9.97 Å². The lowest BCUT2D eigenvalue weighted by molar-refractivity contribution is -0.139. The van der Waals surface area contributed by atoms with Crippen molar-refractivity contribution in [1.82, 2.24) is 9.97 Å². The van der Waals surface area contributed by atoms with Gasteiger partial charge < -0.3 is 10.1 Å². The summed E-state index contributed by atoms with van der Waals surface area (Å²) in [6.45, 7) is 1.80. The lowest BCUT2D eigenvalue weighted by Crippen LogP contribution is -2.25. The number of nitrogens with zero attached hydrogens (tertiary/aromatic N) is 1. The third-order valence-electron chi connectivity index (χ3n) is 3.29. The maximum atomic E-state index is 11.4. The van der Waals surface area contributed by atoms with E-state index in [9.17, 15) is 9.59 Å². The molecule has 0 saturated carbocycles. The minimum absolute atomic E-state index is 0.430. The van der Waals surface area contributed by atoms with Crippen LogP contribution in [0, 0.1) is 0 Å². The minimum Gasteiger partial charge on any atom is -0.481 e. The molecule has 0 bridgehead atoms. The largest absolute Gasteiger partial charge is 0.481 e. The summed E-state index contributed by atoms with van der Waals surface area (Å²) in [6.07, 6.45) is 4.16. The zero-order chi connectivity index (χ0) is 12.4. The van der Waals surface area contributed by atoms with Gasteiger partial charge in [0.25, 0.3) is 0 Å². The summed E-state index contributed by atoms with van der Waals surface area (Å²) in [6, 6.07) is 0. The summed E-state index contributed by atoms with van der Waals surface area (Å²) in [5.74, 6) is -1.57. The van der Waals surface area contributed by atoms with Crippen molar-refractivity contribution in [2.45, 2.75) is 44.9 Å². The fourth-order valence-electron chi connectivity index (χ4n) is 2.43. The van der Waals surface area contributed by atoms with Gasteiger partial charge in [0.05, 0.1) is 11.6 Å². The van der Waals surface area contributed by atoms with Gasteiger partial charge in [-0.3, -0.25) is 4.79 Å². The molecule has 0 fully saturated rings. The number of aryl methyl sites for hydroxylation is 1. The Morgan fingerprint density at radius 3 is 2.82 bits per heavy atom. The van der Waals surface area contributed by atoms with Gasteiger partial charge in [0.2, 0.25) is 0 Å². The highest BCUT2D eigenvalue weighted by molar-refractivity contribution is 5.75. The molecule has 92 valence electrons. The topological polar surface area (TPSA) is 83.0 Å². The lowest BCUT2D eigenvalue weighted by Gasteiger charge is -2.20. The number of rotatable bonds is 3. The van der Waals surface area contributed by atoms with Crippen LogP contribution in [0.1, 0.15) is 49.1 Å². The van der Waals surface area contributed by atoms with Crippen molar-refractivity contribution in [3.8, 4) is 0 Å². The van der Waals surface area contributed by atoms with Crippen LogP contribution < -0.4 is 5.69 Å². The van der Waals surface area contributed by atoms with Crippen molar-refractivity contribution in [2.75, 3.05) is 0 Å². The molecule has 1 aromatic heterocycles. The predicted molar refractivity (Wildman–Crippen MR) is 62.2 cm³/mol. The second-order valence-electron chi connectivity index (χ2n) is 4.39. The molecular formula is C12H16N2O3. The molecule has 0 spiro atoms. The van der Waals surface area contributed by atoms with Crippen LogP contribution in [0.25, 0.3) is 0 Å². The zero-order valence-electron chi connectivity index (χ0n) is 9.82. The number of aliphatic carboxylic acids is 1. The van der Waals surface area contributed by atoms with Crippen LogP contribution in [0.4, 0.5) is 0 Å². The second-order valence-corrected chi connectivity index (χ2v) is 4.39. The van der Waals surface area contributed by atoms with Crippen molar-refractivity contribution in [3.63, 3.8) is 0 Å². The van der Waals surface area contributed by atoms with E-state index in [0.29, 0.717) is 12.1 Å². The Morgan fingerprint density at radius 1 is 1.47 bits per heavy atom. The van der Waals surface area contributed by atoms with Gasteiger partial charge in [-0.25, -0.2) is 4.79 Å². The molecule has 2 rings (SSSR count). The number of fused-ring (bicyclic) bond motifs is 1. The first-order valence-electron chi connectivity index (χ1n) is 5.98. The van der Waals surface area contributed by atoms with Gasteiger partial charge in [0.15, 0.2) is 0 Å². The van der Waals surface area contributed by atoms with E-state index in [1.807, 2.05) is 0 Å². The molecule has 5 nitrogen and oxygen atoms in total. The van der Waals surface area contributed by atoms with E-state index >= 15 is 0 Å². The van der Waals surface area contributed by atoms with Gasteiger partial charge >= 0.3 is 11.7 Å². The summed E-state index contributed by atoms with van der Waals surface area (Å²) in [7, 11) is 0. The van der Waals surface area contributed by atoms with Crippen molar-refractivity contribution in [1.29, 1.82) is 0 Å². The molecule has 5 heteroatoms. The highest BCUT2D eigenvalue weighted by Gasteiger charge is 2.26. The quantitative estimate of drug-likeness (QED) is 0.826. The van der Waals surface area contributed by atoms with E-state index in [-0.39, 0.29) is 0 Å². The van der Waals surface area contributed by atoms with E-state index in [0.717, 1.165) is 36.9 Å². The van der Waals surface area contributed by atoms with Crippen LogP contribution >= 0.6 is 0 Å². The van der Waals surface area contributed by atoms with E-state index in [4.69, 9.17) is 5.11 Å². The molecule has 17 heavy (non-hydrogen) atoms. The average molecular weight is 236 g/mol. The molecule has 0 radical (unpaired) electrons. The molecule has 1 unspecified atom stereocenters. The maximum Gasteiger partial charge on any atom is 0.345 e. The second kappa shape index (κ2) is 4.69. The summed E-state index contributed by atoms with van der Waals surface area (Å²) < 4.78 is 0. The minimum atomic E-state index is -0.904.